The number of thiophene rings is 1. The molecule has 0 aromatic carbocycles. The average Bonchev–Trinajstić information content (AvgIpc) is 3.01. The Bertz CT molecular complexity index is 640. The molecule has 2 rings (SSSR count). The monoisotopic (exact) mass is 309 g/mol. The standard InChI is InChI=1S/C14H19N3O3S/c1-5-17-11(15-8-16-17)7-20-9-6-10(14(2,3)4)21-12(9)13(18)19/h6,8H,5,7H2,1-4H3,(H,18,19). The lowest BCUT2D eigenvalue weighted by atomic mass is 9.95. The van der Waals surface area contributed by atoms with Gasteiger partial charge in [-0.3, -0.25) is 0 Å². The van der Waals surface area contributed by atoms with E-state index in [2.05, 4.69) is 10.1 Å². The zero-order valence-electron chi connectivity index (χ0n) is 12.6. The summed E-state index contributed by atoms with van der Waals surface area (Å²) in [5.41, 5.74) is -0.111. The molecule has 114 valence electrons. The molecule has 0 aliphatic carbocycles. The molecule has 0 radical (unpaired) electrons. The van der Waals surface area contributed by atoms with Gasteiger partial charge in [0.2, 0.25) is 0 Å². The molecule has 0 saturated heterocycles. The van der Waals surface area contributed by atoms with Crippen LogP contribution < -0.4 is 4.74 Å². The summed E-state index contributed by atoms with van der Waals surface area (Å²) in [6.07, 6.45) is 1.47. The predicted molar refractivity (Wildman–Crippen MR) is 80.0 cm³/mol. The Hall–Kier alpha value is -1.89. The fourth-order valence-electron chi connectivity index (χ4n) is 1.81. The first-order valence-electron chi connectivity index (χ1n) is 6.70. The number of rotatable bonds is 5. The first-order chi connectivity index (χ1) is 9.82. The van der Waals surface area contributed by atoms with Crippen LogP contribution >= 0.6 is 11.3 Å². The molecule has 1 N–H and O–H groups in total. The van der Waals surface area contributed by atoms with Crippen LogP contribution in [0.1, 0.15) is 48.1 Å². The maximum atomic E-state index is 11.3. The number of aromatic carboxylic acids is 1. The van der Waals surface area contributed by atoms with Gasteiger partial charge in [-0.2, -0.15) is 5.10 Å². The van der Waals surface area contributed by atoms with Crippen molar-refractivity contribution in [3.63, 3.8) is 0 Å². The topological polar surface area (TPSA) is 77.2 Å². The molecule has 0 fully saturated rings. The zero-order valence-corrected chi connectivity index (χ0v) is 13.4. The Morgan fingerprint density at radius 1 is 1.48 bits per heavy atom. The molecule has 0 saturated carbocycles. The third-order valence-electron chi connectivity index (χ3n) is 2.98. The summed E-state index contributed by atoms with van der Waals surface area (Å²) in [6.45, 7) is 8.99. The summed E-state index contributed by atoms with van der Waals surface area (Å²) in [7, 11) is 0. The van der Waals surface area contributed by atoms with Crippen LogP contribution in [-0.2, 0) is 18.6 Å². The Morgan fingerprint density at radius 2 is 2.19 bits per heavy atom. The minimum absolute atomic E-state index is 0.111. The van der Waals surface area contributed by atoms with Crippen molar-refractivity contribution in [2.45, 2.75) is 46.3 Å². The molecular weight excluding hydrogens is 290 g/mol. The van der Waals surface area contributed by atoms with Gasteiger partial charge in [0.1, 0.15) is 18.7 Å². The first kappa shape index (κ1) is 15.5. The summed E-state index contributed by atoms with van der Waals surface area (Å²) < 4.78 is 7.39. The summed E-state index contributed by atoms with van der Waals surface area (Å²) in [6, 6.07) is 1.81. The van der Waals surface area contributed by atoms with Gasteiger partial charge >= 0.3 is 5.97 Å². The minimum atomic E-state index is -0.970. The smallest absolute Gasteiger partial charge is 0.349 e. The average molecular weight is 309 g/mol. The zero-order chi connectivity index (χ0) is 15.6. The molecule has 0 unspecified atom stereocenters. The highest BCUT2D eigenvalue weighted by molar-refractivity contribution is 7.14. The highest BCUT2D eigenvalue weighted by Gasteiger charge is 2.24. The molecule has 0 aliphatic rings. The van der Waals surface area contributed by atoms with E-state index in [1.54, 1.807) is 10.7 Å². The number of carbonyl (C=O) groups is 1. The van der Waals surface area contributed by atoms with E-state index in [0.717, 1.165) is 4.88 Å². The Labute approximate surface area is 127 Å². The van der Waals surface area contributed by atoms with Gasteiger partial charge < -0.3 is 9.84 Å². The molecule has 2 heterocycles. The van der Waals surface area contributed by atoms with Crippen molar-refractivity contribution < 1.29 is 14.6 Å². The van der Waals surface area contributed by atoms with E-state index in [4.69, 9.17) is 4.74 Å². The van der Waals surface area contributed by atoms with Crippen LogP contribution in [0.15, 0.2) is 12.4 Å². The normalized spacial score (nSPS) is 11.6. The Balaban J connectivity index is 2.23. The fraction of sp³-hybridized carbons (Fsp3) is 0.500. The summed E-state index contributed by atoms with van der Waals surface area (Å²) in [5.74, 6) is 0.0999. The molecule has 0 bridgehead atoms. The van der Waals surface area contributed by atoms with Gasteiger partial charge in [0, 0.05) is 11.4 Å². The van der Waals surface area contributed by atoms with Gasteiger partial charge in [0.25, 0.3) is 0 Å². The van der Waals surface area contributed by atoms with E-state index in [1.807, 2.05) is 27.7 Å². The van der Waals surface area contributed by atoms with E-state index >= 15 is 0 Å². The lowest BCUT2D eigenvalue weighted by Crippen LogP contribution is -2.08. The molecule has 21 heavy (non-hydrogen) atoms. The van der Waals surface area contributed by atoms with Crippen LogP contribution in [0.4, 0.5) is 0 Å². The quantitative estimate of drug-likeness (QED) is 0.919. The number of nitrogens with zero attached hydrogens (tertiary/aromatic N) is 3. The Morgan fingerprint density at radius 3 is 2.76 bits per heavy atom. The van der Waals surface area contributed by atoms with Crippen molar-refractivity contribution >= 4 is 17.3 Å². The third-order valence-corrected chi connectivity index (χ3v) is 4.51. The second-order valence-electron chi connectivity index (χ2n) is 5.64. The van der Waals surface area contributed by atoms with E-state index in [9.17, 15) is 9.90 Å². The summed E-state index contributed by atoms with van der Waals surface area (Å²) in [5, 5.41) is 13.4. The van der Waals surface area contributed by atoms with Gasteiger partial charge in [0.15, 0.2) is 10.7 Å². The maximum absolute atomic E-state index is 11.3. The van der Waals surface area contributed by atoms with E-state index < -0.39 is 5.97 Å². The highest BCUT2D eigenvalue weighted by Crippen LogP contribution is 2.37. The van der Waals surface area contributed by atoms with Crippen LogP contribution in [0.3, 0.4) is 0 Å². The molecular formula is C14H19N3O3S. The largest absolute Gasteiger partial charge is 0.484 e. The first-order valence-corrected chi connectivity index (χ1v) is 7.51. The number of hydrogen-bond donors (Lipinski definition) is 1. The number of hydrogen-bond acceptors (Lipinski definition) is 5. The molecule has 6 nitrogen and oxygen atoms in total. The van der Waals surface area contributed by atoms with Crippen LogP contribution in [0.2, 0.25) is 0 Å². The molecule has 0 spiro atoms. The van der Waals surface area contributed by atoms with Gasteiger partial charge in [-0.25, -0.2) is 14.5 Å². The van der Waals surface area contributed by atoms with E-state index in [0.29, 0.717) is 18.1 Å². The fourth-order valence-corrected chi connectivity index (χ4v) is 2.80. The molecule has 2 aromatic rings. The molecule has 2 aromatic heterocycles. The van der Waals surface area contributed by atoms with Crippen molar-refractivity contribution in [1.82, 2.24) is 14.8 Å². The number of aromatic nitrogens is 3. The van der Waals surface area contributed by atoms with Crippen LogP contribution in [0.5, 0.6) is 5.75 Å². The van der Waals surface area contributed by atoms with Crippen LogP contribution in [0.25, 0.3) is 0 Å². The summed E-state index contributed by atoms with van der Waals surface area (Å²) >= 11 is 1.25. The van der Waals surface area contributed by atoms with E-state index in [1.165, 1.54) is 17.7 Å². The summed E-state index contributed by atoms with van der Waals surface area (Å²) in [4.78, 5) is 16.7. The van der Waals surface area contributed by atoms with Gasteiger partial charge in [0.05, 0.1) is 0 Å². The predicted octanol–water partition coefficient (Wildman–Crippen LogP) is 2.93. The lowest BCUT2D eigenvalue weighted by Gasteiger charge is -2.14. The van der Waals surface area contributed by atoms with Crippen LogP contribution in [-0.4, -0.2) is 25.8 Å². The SMILES string of the molecule is CCn1ncnc1COc1cc(C(C)(C)C)sc1C(=O)O. The van der Waals surface area contributed by atoms with Crippen molar-refractivity contribution in [2.24, 2.45) is 0 Å². The Kier molecular flexibility index (Phi) is 4.32. The number of carboxylic acid groups (broad SMARTS) is 1. The molecule has 0 atom stereocenters. The lowest BCUT2D eigenvalue weighted by molar-refractivity contribution is 0.0697. The maximum Gasteiger partial charge on any atom is 0.349 e. The number of carboxylic acids is 1. The second kappa shape index (κ2) is 5.85. The van der Waals surface area contributed by atoms with Gasteiger partial charge in [-0.05, 0) is 18.4 Å². The van der Waals surface area contributed by atoms with Crippen molar-refractivity contribution in [3.05, 3.63) is 28.0 Å². The number of aryl methyl sites for hydroxylation is 1. The molecule has 7 heteroatoms. The van der Waals surface area contributed by atoms with Gasteiger partial charge in [-0.15, -0.1) is 11.3 Å². The third kappa shape index (κ3) is 3.41. The number of ether oxygens (including phenoxy) is 1. The van der Waals surface area contributed by atoms with Crippen LogP contribution in [0, 0.1) is 0 Å². The second-order valence-corrected chi connectivity index (χ2v) is 6.69. The molecule has 0 amide bonds. The van der Waals surface area contributed by atoms with Crippen molar-refractivity contribution in [2.75, 3.05) is 0 Å². The van der Waals surface area contributed by atoms with E-state index in [-0.39, 0.29) is 16.9 Å². The molecule has 0 aliphatic heterocycles. The van der Waals surface area contributed by atoms with Crippen molar-refractivity contribution in [1.29, 1.82) is 0 Å². The highest BCUT2D eigenvalue weighted by atomic mass is 32.1. The van der Waals surface area contributed by atoms with Gasteiger partial charge in [-0.1, -0.05) is 20.8 Å². The van der Waals surface area contributed by atoms with Crippen molar-refractivity contribution in [3.8, 4) is 5.75 Å². The minimum Gasteiger partial charge on any atom is -0.484 e.